The molecule has 0 saturated carbocycles. The highest BCUT2D eigenvalue weighted by atomic mass is 35.5. The lowest BCUT2D eigenvalue weighted by Crippen LogP contribution is -1.98. The van der Waals surface area contributed by atoms with Gasteiger partial charge < -0.3 is 11.5 Å². The second-order valence-electron chi connectivity index (χ2n) is 17.1. The van der Waals surface area contributed by atoms with Crippen molar-refractivity contribution in [3.05, 3.63) is 137 Å². The number of hydrogen-bond acceptors (Lipinski definition) is 14. The molecule has 4 aromatic carbocycles. The van der Waals surface area contributed by atoms with Crippen molar-refractivity contribution in [3.63, 3.8) is 0 Å². The highest BCUT2D eigenvalue weighted by Gasteiger charge is 2.22. The molecule has 0 amide bonds. The second-order valence-corrected chi connectivity index (χ2v) is 18.8. The van der Waals surface area contributed by atoms with E-state index in [0.29, 0.717) is 54.3 Å². The van der Waals surface area contributed by atoms with Crippen LogP contribution in [-0.4, -0.2) is 41.3 Å². The number of anilines is 2. The summed E-state index contributed by atoms with van der Waals surface area (Å²) in [6, 6.07) is 16.0. The lowest BCUT2D eigenvalue weighted by atomic mass is 9.90. The largest absolute Gasteiger partial charge is 0.379 e. The summed E-state index contributed by atoms with van der Waals surface area (Å²) < 4.78 is 19.6. The Morgan fingerprint density at radius 3 is 0.957 bits per heavy atom. The topological polar surface area (TPSA) is 208 Å². The van der Waals surface area contributed by atoms with Crippen molar-refractivity contribution in [3.8, 4) is 45.0 Å². The molecule has 0 atom stereocenters. The van der Waals surface area contributed by atoms with Gasteiger partial charge in [0.1, 0.15) is 22.8 Å². The molecule has 0 unspecified atom stereocenters. The molecule has 0 aliphatic heterocycles. The van der Waals surface area contributed by atoms with Crippen LogP contribution in [0.2, 0.25) is 20.1 Å². The van der Waals surface area contributed by atoms with Crippen molar-refractivity contribution in [2.45, 2.75) is 107 Å². The van der Waals surface area contributed by atoms with Crippen LogP contribution in [-0.2, 0) is 0 Å². The van der Waals surface area contributed by atoms with Crippen LogP contribution >= 0.6 is 46.4 Å². The summed E-state index contributed by atoms with van der Waals surface area (Å²) in [5.41, 5.74) is 28.1. The summed E-state index contributed by atoms with van der Waals surface area (Å²) >= 11 is 26.8. The minimum Gasteiger partial charge on any atom is -0.379 e. The predicted octanol–water partition coefficient (Wildman–Crippen LogP) is 15.2. The van der Waals surface area contributed by atoms with E-state index in [0.717, 1.165) is 129 Å². The highest BCUT2D eigenvalue weighted by Crippen LogP contribution is 2.41. The number of benzene rings is 4. The van der Waals surface area contributed by atoms with E-state index >= 15 is 0 Å². The summed E-state index contributed by atoms with van der Waals surface area (Å²) in [6.45, 7) is 15.9. The normalized spacial score (nSPS) is 11.1. The fraction of sp³-hybridized carbons (Fsp3) is 0.308. The van der Waals surface area contributed by atoms with Crippen LogP contribution in [0, 0.1) is 41.5 Å². The van der Waals surface area contributed by atoms with Gasteiger partial charge in [-0.3, -0.25) is 0 Å². The number of allylic oxidation sites excluding steroid dienone is 2. The van der Waals surface area contributed by atoms with Gasteiger partial charge in [0.05, 0.1) is 0 Å². The van der Waals surface area contributed by atoms with Crippen LogP contribution < -0.4 is 11.5 Å². The van der Waals surface area contributed by atoms with Crippen LogP contribution in [0.1, 0.15) is 121 Å². The zero-order valence-electron chi connectivity index (χ0n) is 40.3. The minimum absolute atomic E-state index is 0.199. The Morgan fingerprint density at radius 2 is 0.700 bits per heavy atom. The van der Waals surface area contributed by atoms with Gasteiger partial charge in [0.25, 0.3) is 0 Å². The Kier molecular flexibility index (Phi) is 17.0. The van der Waals surface area contributed by atoms with E-state index in [-0.39, 0.29) is 11.6 Å². The van der Waals surface area contributed by atoms with Crippen LogP contribution in [0.5, 0.6) is 0 Å². The van der Waals surface area contributed by atoms with Crippen LogP contribution in [0.15, 0.2) is 79.2 Å². The maximum absolute atomic E-state index is 6.73. The number of hydrogen-bond donors (Lipinski definition) is 2. The summed E-state index contributed by atoms with van der Waals surface area (Å²) in [5, 5.41) is 34.0. The molecule has 0 bridgehead atoms. The van der Waals surface area contributed by atoms with Gasteiger partial charge in [-0.2, -0.15) is 0 Å². The summed E-state index contributed by atoms with van der Waals surface area (Å²) in [6.07, 6.45) is 13.0. The number of aryl methyl sites for hydroxylation is 2. The number of aromatic nitrogens is 8. The molecular formula is C52H54Cl4N10O4. The van der Waals surface area contributed by atoms with Crippen molar-refractivity contribution < 1.29 is 18.5 Å². The fourth-order valence-electron chi connectivity index (χ4n) is 8.12. The third-order valence-corrected chi connectivity index (χ3v) is 13.9. The van der Waals surface area contributed by atoms with E-state index in [1.807, 2.05) is 77.9 Å². The van der Waals surface area contributed by atoms with Crippen molar-refractivity contribution in [2.24, 2.45) is 0 Å². The van der Waals surface area contributed by atoms with Crippen molar-refractivity contribution in [1.82, 2.24) is 41.3 Å². The van der Waals surface area contributed by atoms with Crippen molar-refractivity contribution in [2.75, 3.05) is 11.5 Å². The third kappa shape index (κ3) is 11.3. The van der Waals surface area contributed by atoms with Crippen LogP contribution in [0.25, 0.3) is 56.2 Å². The zero-order chi connectivity index (χ0) is 50.2. The molecule has 8 aromatic rings. The maximum atomic E-state index is 6.73. The van der Waals surface area contributed by atoms with Gasteiger partial charge in [-0.05, 0) is 202 Å². The van der Waals surface area contributed by atoms with Gasteiger partial charge in [0.15, 0.2) is 23.0 Å². The quantitative estimate of drug-likeness (QED) is 0.0864. The first-order valence-electron chi connectivity index (χ1n) is 23.0. The van der Waals surface area contributed by atoms with E-state index in [9.17, 15) is 0 Å². The molecule has 4 aromatic heterocycles. The van der Waals surface area contributed by atoms with Crippen LogP contribution in [0.4, 0.5) is 11.6 Å². The zero-order valence-corrected chi connectivity index (χ0v) is 43.3. The highest BCUT2D eigenvalue weighted by molar-refractivity contribution is 6.33. The Bertz CT molecular complexity index is 2800. The van der Waals surface area contributed by atoms with Gasteiger partial charge in [-0.1, -0.05) is 108 Å². The van der Waals surface area contributed by atoms with Crippen LogP contribution in [0.3, 0.4) is 0 Å². The van der Waals surface area contributed by atoms with Gasteiger partial charge in [-0.25, -0.2) is 18.5 Å². The van der Waals surface area contributed by atoms with E-state index < -0.39 is 0 Å². The van der Waals surface area contributed by atoms with Crippen molar-refractivity contribution in [1.29, 1.82) is 0 Å². The molecule has 0 aliphatic rings. The summed E-state index contributed by atoms with van der Waals surface area (Å²) in [5.74, 6) is 0.397. The van der Waals surface area contributed by atoms with Gasteiger partial charge in [0.2, 0.25) is 0 Å². The second kappa shape index (κ2) is 23.1. The number of rotatable bonds is 16. The minimum atomic E-state index is 0.199. The number of nitrogen functional groups attached to an aromatic ring is 2. The summed E-state index contributed by atoms with van der Waals surface area (Å²) in [7, 11) is 0. The molecule has 0 saturated heterocycles. The molecule has 0 fully saturated rings. The maximum Gasteiger partial charge on any atom is 0.196 e. The number of unbranched alkanes of at least 4 members (excludes halogenated alkanes) is 6. The summed E-state index contributed by atoms with van der Waals surface area (Å²) in [4.78, 5) is 0. The monoisotopic (exact) mass is 1020 g/mol. The average Bonchev–Trinajstić information content (AvgIpc) is 4.17. The van der Waals surface area contributed by atoms with Gasteiger partial charge in [0, 0.05) is 42.3 Å². The Balaban J connectivity index is 0.000000206. The molecule has 8 rings (SSSR count). The Hall–Kier alpha value is -6.32. The molecule has 70 heavy (non-hydrogen) atoms. The predicted molar refractivity (Wildman–Crippen MR) is 279 cm³/mol. The molecule has 364 valence electrons. The first kappa shape index (κ1) is 51.5. The third-order valence-electron chi connectivity index (χ3n) is 12.3. The Morgan fingerprint density at radius 1 is 0.414 bits per heavy atom. The molecule has 0 radical (unpaired) electrons. The Labute approximate surface area is 426 Å². The molecular weight excluding hydrogens is 970 g/mol. The first-order valence-corrected chi connectivity index (χ1v) is 24.5. The molecule has 0 spiro atoms. The number of halogens is 4. The lowest BCUT2D eigenvalue weighted by molar-refractivity contribution is 0.306. The average molecular weight is 1020 g/mol. The SMILES string of the molecule is CCCCCC=C(c1cc(Cl)c(C)c(-c2nonc2C)c1)c1cc(Cl)c(C)c(-c2nonc2C)c1.CCCCCC=C(c1cc(Cl)c(C)c(-c2nonc2N)c1)c1cc(Cl)c(C)c(-c2nonc2N)c1. The smallest absolute Gasteiger partial charge is 0.196 e. The fourth-order valence-corrected chi connectivity index (χ4v) is 9.00. The molecule has 14 nitrogen and oxygen atoms in total. The van der Waals surface area contributed by atoms with E-state index in [1.165, 1.54) is 0 Å². The molecule has 4 N–H and O–H groups in total. The molecule has 0 aliphatic carbocycles. The van der Waals surface area contributed by atoms with E-state index in [4.69, 9.17) is 76.4 Å². The molecule has 18 heteroatoms. The van der Waals surface area contributed by atoms with E-state index in [2.05, 4.69) is 79.4 Å². The van der Waals surface area contributed by atoms with Gasteiger partial charge >= 0.3 is 0 Å². The van der Waals surface area contributed by atoms with Gasteiger partial charge in [-0.15, -0.1) is 0 Å². The standard InChI is InChI=1S/C27H28Cl2N4O2.C25H26Cl2N6O2/c1-6-7-8-9-10-21(19-11-22(15(2)24(28)13-19)26-17(4)30-34-32-26)20-12-23(16(3)25(29)14-20)27-18(5)31-35-33-27;1-4-5-6-7-8-17(15-9-18(13(2)20(26)11-15)22-24(28)32-34-30-22)16-10-19(14(3)21(27)12-16)23-25(29)33-35-31-23/h10-14H,6-9H2,1-5H3;8-12H,4-7H2,1-3H3,(H2,28,32)(H2,29,33). The number of nitrogens with two attached hydrogens (primary N) is 2. The van der Waals surface area contributed by atoms with Crippen molar-refractivity contribution >= 4 is 69.2 Å². The molecule has 4 heterocycles. The number of nitrogens with zero attached hydrogens (tertiary/aromatic N) is 8. The lowest BCUT2D eigenvalue weighted by Gasteiger charge is -2.16. The first-order chi connectivity index (χ1) is 33.6. The van der Waals surface area contributed by atoms with E-state index in [1.54, 1.807) is 0 Å².